The molecular formula is C14H22N4O3. The topological polar surface area (TPSA) is 101 Å². The van der Waals surface area contributed by atoms with Crippen LogP contribution in [0.2, 0.25) is 0 Å². The van der Waals surface area contributed by atoms with E-state index in [1.165, 1.54) is 11.0 Å². The average Bonchev–Trinajstić information content (AvgIpc) is 2.44. The summed E-state index contributed by atoms with van der Waals surface area (Å²) in [5.74, 6) is -0.340. The predicted molar refractivity (Wildman–Crippen MR) is 80.6 cm³/mol. The van der Waals surface area contributed by atoms with Crippen LogP contribution in [0.15, 0.2) is 9.59 Å². The summed E-state index contributed by atoms with van der Waals surface area (Å²) in [6.45, 7) is 4.17. The fourth-order valence-corrected chi connectivity index (χ4v) is 2.70. The average molecular weight is 294 g/mol. The third kappa shape index (κ3) is 3.41. The molecule has 0 radical (unpaired) electrons. The van der Waals surface area contributed by atoms with Crippen LogP contribution in [0.3, 0.4) is 0 Å². The smallest absolute Gasteiger partial charge is 0.329 e. The Kier molecular flexibility index (Phi) is 4.95. The molecule has 7 nitrogen and oxygen atoms in total. The van der Waals surface area contributed by atoms with Crippen LogP contribution >= 0.6 is 0 Å². The van der Waals surface area contributed by atoms with Crippen LogP contribution in [0.25, 0.3) is 0 Å². The second-order valence-corrected chi connectivity index (χ2v) is 5.43. The second kappa shape index (κ2) is 6.71. The zero-order valence-electron chi connectivity index (χ0n) is 12.4. The quantitative estimate of drug-likeness (QED) is 0.755. The second-order valence-electron chi connectivity index (χ2n) is 5.43. The number of rotatable bonds is 5. The molecule has 2 rings (SSSR count). The van der Waals surface area contributed by atoms with Crippen LogP contribution in [0.1, 0.15) is 43.0 Å². The minimum Gasteiger partial charge on any atom is -0.384 e. The number of nitrogens with two attached hydrogens (primary N) is 1. The number of likely N-dealkylation sites (tertiary alicyclic amines) is 1. The van der Waals surface area contributed by atoms with Crippen molar-refractivity contribution in [2.75, 3.05) is 25.4 Å². The van der Waals surface area contributed by atoms with Crippen LogP contribution < -0.4 is 17.0 Å². The Hall–Kier alpha value is -1.89. The van der Waals surface area contributed by atoms with E-state index in [1.54, 1.807) is 0 Å². The molecule has 1 fully saturated rings. The molecule has 0 saturated carbocycles. The molecule has 1 aromatic heterocycles. The highest BCUT2D eigenvalue weighted by Gasteiger charge is 2.22. The summed E-state index contributed by atoms with van der Waals surface area (Å²) in [5, 5.41) is 0. The van der Waals surface area contributed by atoms with Gasteiger partial charge in [0.05, 0.1) is 6.54 Å². The predicted octanol–water partition coefficient (Wildman–Crippen LogP) is 0.197. The number of nitrogens with one attached hydrogen (secondary N) is 1. The molecule has 0 spiro atoms. The molecular weight excluding hydrogens is 272 g/mol. The first-order valence-electron chi connectivity index (χ1n) is 7.42. The van der Waals surface area contributed by atoms with Crippen molar-refractivity contribution in [3.8, 4) is 0 Å². The molecule has 0 aliphatic carbocycles. The molecule has 0 unspecified atom stereocenters. The van der Waals surface area contributed by atoms with Gasteiger partial charge in [-0.05, 0) is 32.4 Å². The fourth-order valence-electron chi connectivity index (χ4n) is 2.70. The molecule has 2 heterocycles. The van der Waals surface area contributed by atoms with E-state index in [0.29, 0.717) is 13.0 Å². The molecule has 0 bridgehead atoms. The third-order valence-corrected chi connectivity index (χ3v) is 3.78. The standard InChI is InChI=1S/C14H22N4O3/c1-2-6-18-12(15)11(13(20)16-14(18)21)10(19)9-17-7-4-3-5-8-17/h2-9,15H2,1H3,(H,16,20,21). The van der Waals surface area contributed by atoms with Crippen LogP contribution in [-0.2, 0) is 6.54 Å². The highest BCUT2D eigenvalue weighted by atomic mass is 16.2. The number of aromatic nitrogens is 2. The Balaban J connectivity index is 2.29. The molecule has 1 aliphatic heterocycles. The van der Waals surface area contributed by atoms with E-state index in [-0.39, 0.29) is 23.7 Å². The number of hydrogen-bond donors (Lipinski definition) is 2. The number of piperidine rings is 1. The van der Waals surface area contributed by atoms with Gasteiger partial charge in [-0.3, -0.25) is 24.0 Å². The van der Waals surface area contributed by atoms with Crippen molar-refractivity contribution in [1.29, 1.82) is 0 Å². The van der Waals surface area contributed by atoms with E-state index in [2.05, 4.69) is 4.98 Å². The number of hydrogen-bond acceptors (Lipinski definition) is 5. The van der Waals surface area contributed by atoms with Gasteiger partial charge in [-0.1, -0.05) is 13.3 Å². The largest absolute Gasteiger partial charge is 0.384 e. The minimum atomic E-state index is -0.688. The summed E-state index contributed by atoms with van der Waals surface area (Å²) in [5.41, 5.74) is 4.54. The first-order valence-corrected chi connectivity index (χ1v) is 7.42. The van der Waals surface area contributed by atoms with E-state index in [0.717, 1.165) is 25.9 Å². The lowest BCUT2D eigenvalue weighted by Crippen LogP contribution is -2.40. The molecule has 0 aromatic carbocycles. The van der Waals surface area contributed by atoms with E-state index in [9.17, 15) is 14.4 Å². The Morgan fingerprint density at radius 2 is 1.90 bits per heavy atom. The van der Waals surface area contributed by atoms with Gasteiger partial charge in [0.25, 0.3) is 5.56 Å². The zero-order valence-corrected chi connectivity index (χ0v) is 12.4. The van der Waals surface area contributed by atoms with E-state index < -0.39 is 11.2 Å². The SMILES string of the molecule is CCCn1c(N)c(C(=O)CN2CCCCC2)c(=O)[nH]c1=O. The maximum atomic E-state index is 12.4. The molecule has 7 heteroatoms. The van der Waals surface area contributed by atoms with Crippen LogP contribution in [0.5, 0.6) is 0 Å². The van der Waals surface area contributed by atoms with E-state index in [1.807, 2.05) is 11.8 Å². The molecule has 1 saturated heterocycles. The van der Waals surface area contributed by atoms with Crippen molar-refractivity contribution >= 4 is 11.6 Å². The van der Waals surface area contributed by atoms with Gasteiger partial charge in [-0.25, -0.2) is 4.79 Å². The van der Waals surface area contributed by atoms with Gasteiger partial charge in [0.2, 0.25) is 0 Å². The zero-order chi connectivity index (χ0) is 15.4. The molecule has 1 aliphatic rings. The monoisotopic (exact) mass is 294 g/mol. The van der Waals surface area contributed by atoms with Crippen LogP contribution in [-0.4, -0.2) is 39.9 Å². The molecule has 0 amide bonds. The van der Waals surface area contributed by atoms with Crippen molar-refractivity contribution in [3.63, 3.8) is 0 Å². The van der Waals surface area contributed by atoms with Crippen LogP contribution in [0, 0.1) is 0 Å². The molecule has 3 N–H and O–H groups in total. The summed E-state index contributed by atoms with van der Waals surface area (Å²) in [6.07, 6.45) is 3.99. The van der Waals surface area contributed by atoms with Crippen molar-refractivity contribution < 1.29 is 4.79 Å². The van der Waals surface area contributed by atoms with Crippen molar-refractivity contribution in [2.45, 2.75) is 39.2 Å². The summed E-state index contributed by atoms with van der Waals surface area (Å²) >= 11 is 0. The van der Waals surface area contributed by atoms with Gasteiger partial charge in [0, 0.05) is 6.54 Å². The van der Waals surface area contributed by atoms with Gasteiger partial charge in [-0.2, -0.15) is 0 Å². The van der Waals surface area contributed by atoms with Crippen molar-refractivity contribution in [3.05, 3.63) is 26.4 Å². The number of H-pyrrole nitrogens is 1. The van der Waals surface area contributed by atoms with Gasteiger partial charge >= 0.3 is 5.69 Å². The first-order chi connectivity index (χ1) is 10.0. The summed E-state index contributed by atoms with van der Waals surface area (Å²) in [7, 11) is 0. The van der Waals surface area contributed by atoms with E-state index in [4.69, 9.17) is 5.73 Å². The number of nitrogen functional groups attached to an aromatic ring is 1. The Labute approximate surface area is 122 Å². The lowest BCUT2D eigenvalue weighted by atomic mass is 10.1. The van der Waals surface area contributed by atoms with Gasteiger partial charge in [-0.15, -0.1) is 0 Å². The molecule has 116 valence electrons. The van der Waals surface area contributed by atoms with Gasteiger partial charge in [0.15, 0.2) is 5.78 Å². The Bertz CT molecular complexity index is 626. The van der Waals surface area contributed by atoms with Crippen LogP contribution in [0.4, 0.5) is 5.82 Å². The van der Waals surface area contributed by atoms with Gasteiger partial charge < -0.3 is 5.73 Å². The summed E-state index contributed by atoms with van der Waals surface area (Å²) in [6, 6.07) is 0. The molecule has 21 heavy (non-hydrogen) atoms. The van der Waals surface area contributed by atoms with Gasteiger partial charge in [0.1, 0.15) is 11.4 Å². The Morgan fingerprint density at radius 1 is 1.24 bits per heavy atom. The highest BCUT2D eigenvalue weighted by Crippen LogP contribution is 2.11. The number of ketones is 1. The van der Waals surface area contributed by atoms with Crippen molar-refractivity contribution in [1.82, 2.24) is 14.5 Å². The number of carbonyl (C=O) groups excluding carboxylic acids is 1. The normalized spacial score (nSPS) is 16.0. The maximum Gasteiger partial charge on any atom is 0.329 e. The molecule has 0 atom stereocenters. The number of aromatic amines is 1. The van der Waals surface area contributed by atoms with Crippen molar-refractivity contribution in [2.24, 2.45) is 0 Å². The lowest BCUT2D eigenvalue weighted by molar-refractivity contribution is 0.0914. The number of nitrogens with zero attached hydrogens (tertiary/aromatic N) is 2. The highest BCUT2D eigenvalue weighted by molar-refractivity contribution is 6.01. The van der Waals surface area contributed by atoms with E-state index >= 15 is 0 Å². The fraction of sp³-hybridized carbons (Fsp3) is 0.643. The number of Topliss-reactive ketones (excluding diaryl/α,β-unsaturated/α-hetero) is 1. The minimum absolute atomic E-state index is 0.0207. The third-order valence-electron chi connectivity index (χ3n) is 3.78. The number of anilines is 1. The summed E-state index contributed by atoms with van der Waals surface area (Å²) < 4.78 is 1.25. The maximum absolute atomic E-state index is 12.4. The first kappa shape index (κ1) is 15.5. The lowest BCUT2D eigenvalue weighted by Gasteiger charge is -2.25. The Morgan fingerprint density at radius 3 is 2.52 bits per heavy atom. The molecule has 1 aromatic rings. The number of carbonyl (C=O) groups is 1. The summed E-state index contributed by atoms with van der Waals surface area (Å²) in [4.78, 5) is 40.2.